The Bertz CT molecular complexity index is 1020. The van der Waals surface area contributed by atoms with E-state index in [1.807, 2.05) is 0 Å². The lowest BCUT2D eigenvalue weighted by atomic mass is 10.3. The van der Waals surface area contributed by atoms with E-state index in [1.165, 1.54) is 18.2 Å². The van der Waals surface area contributed by atoms with Crippen LogP contribution in [0.1, 0.15) is 0 Å². The van der Waals surface area contributed by atoms with Gasteiger partial charge in [0.1, 0.15) is 5.02 Å². The summed E-state index contributed by atoms with van der Waals surface area (Å²) in [5.74, 6) is 0. The number of sulfone groups is 1. The third-order valence-corrected chi connectivity index (χ3v) is 5.75. The van der Waals surface area contributed by atoms with Crippen molar-refractivity contribution < 1.29 is 21.8 Å². The molecule has 0 aliphatic carbocycles. The van der Waals surface area contributed by atoms with Crippen LogP contribution in [0.2, 0.25) is 5.02 Å². The van der Waals surface area contributed by atoms with E-state index in [0.29, 0.717) is 0 Å². The van der Waals surface area contributed by atoms with Crippen LogP contribution in [0.4, 0.5) is 11.4 Å². The maximum absolute atomic E-state index is 12.3. The lowest BCUT2D eigenvalue weighted by Gasteiger charge is -2.09. The molecular formula is C13H11ClN2O6S2. The van der Waals surface area contributed by atoms with Gasteiger partial charge in [0.05, 0.1) is 20.4 Å². The van der Waals surface area contributed by atoms with Crippen LogP contribution in [0.5, 0.6) is 0 Å². The Hall–Kier alpha value is -2.17. The third kappa shape index (κ3) is 4.02. The van der Waals surface area contributed by atoms with Crippen LogP contribution < -0.4 is 4.72 Å². The zero-order chi connectivity index (χ0) is 18.1. The van der Waals surface area contributed by atoms with Gasteiger partial charge in [0, 0.05) is 12.3 Å². The zero-order valence-corrected chi connectivity index (χ0v) is 14.5. The highest BCUT2D eigenvalue weighted by molar-refractivity contribution is 7.92. The van der Waals surface area contributed by atoms with Crippen LogP contribution in [0.3, 0.4) is 0 Å². The predicted molar refractivity (Wildman–Crippen MR) is 88.5 cm³/mol. The van der Waals surface area contributed by atoms with Gasteiger partial charge in [-0.05, 0) is 30.3 Å². The second-order valence-corrected chi connectivity index (χ2v) is 8.88. The molecule has 2 rings (SSSR count). The first-order valence-electron chi connectivity index (χ1n) is 6.27. The van der Waals surface area contributed by atoms with Gasteiger partial charge in [0.15, 0.2) is 9.84 Å². The molecule has 0 amide bonds. The second-order valence-electron chi connectivity index (χ2n) is 4.78. The zero-order valence-electron chi connectivity index (χ0n) is 12.1. The number of hydrogen-bond acceptors (Lipinski definition) is 6. The average Bonchev–Trinajstić information content (AvgIpc) is 2.46. The Morgan fingerprint density at radius 1 is 1.04 bits per heavy atom. The molecule has 0 heterocycles. The van der Waals surface area contributed by atoms with E-state index in [2.05, 4.69) is 4.72 Å². The van der Waals surface area contributed by atoms with Crippen molar-refractivity contribution in [1.29, 1.82) is 0 Å². The normalized spacial score (nSPS) is 11.9. The number of halogens is 1. The van der Waals surface area contributed by atoms with Crippen LogP contribution in [0.15, 0.2) is 52.3 Å². The minimum absolute atomic E-state index is 0.00975. The van der Waals surface area contributed by atoms with Crippen molar-refractivity contribution in [2.24, 2.45) is 0 Å². The number of anilines is 1. The Balaban J connectivity index is 2.43. The lowest BCUT2D eigenvalue weighted by Crippen LogP contribution is -2.13. The van der Waals surface area contributed by atoms with E-state index in [0.717, 1.165) is 30.5 Å². The third-order valence-electron chi connectivity index (χ3n) is 2.94. The molecule has 2 aromatic carbocycles. The summed E-state index contributed by atoms with van der Waals surface area (Å²) in [7, 11) is -7.67. The van der Waals surface area contributed by atoms with Crippen molar-refractivity contribution in [1.82, 2.24) is 0 Å². The van der Waals surface area contributed by atoms with Crippen LogP contribution in [-0.4, -0.2) is 28.0 Å². The Morgan fingerprint density at radius 2 is 1.71 bits per heavy atom. The van der Waals surface area contributed by atoms with Crippen molar-refractivity contribution in [3.05, 3.63) is 57.6 Å². The molecule has 11 heteroatoms. The van der Waals surface area contributed by atoms with E-state index in [9.17, 15) is 26.9 Å². The molecule has 0 atom stereocenters. The molecule has 0 saturated carbocycles. The Morgan fingerprint density at radius 3 is 2.29 bits per heavy atom. The van der Waals surface area contributed by atoms with E-state index in [-0.39, 0.29) is 20.5 Å². The van der Waals surface area contributed by atoms with Gasteiger partial charge >= 0.3 is 0 Å². The molecule has 0 aromatic heterocycles. The smallest absolute Gasteiger partial charge is 0.280 e. The van der Waals surface area contributed by atoms with Crippen LogP contribution in [0.25, 0.3) is 0 Å². The summed E-state index contributed by atoms with van der Waals surface area (Å²) >= 11 is 5.65. The van der Waals surface area contributed by atoms with Gasteiger partial charge in [0.2, 0.25) is 0 Å². The topological polar surface area (TPSA) is 123 Å². The van der Waals surface area contributed by atoms with Crippen LogP contribution >= 0.6 is 11.6 Å². The fraction of sp³-hybridized carbons (Fsp3) is 0.0769. The number of nitro benzene ring substituents is 1. The first kappa shape index (κ1) is 18.2. The number of nitrogens with zero attached hydrogens (tertiary/aromatic N) is 1. The summed E-state index contributed by atoms with van der Waals surface area (Å²) in [5.41, 5.74) is -0.542. The maximum atomic E-state index is 12.3. The SMILES string of the molecule is CS(=O)(=O)c1cccc(NS(=O)(=O)c2ccc(Cl)c([N+](=O)[O-])c2)c1. The summed E-state index contributed by atoms with van der Waals surface area (Å²) in [6.07, 6.45) is 0.989. The molecular weight excluding hydrogens is 380 g/mol. The quantitative estimate of drug-likeness (QED) is 0.617. The van der Waals surface area contributed by atoms with E-state index >= 15 is 0 Å². The number of benzene rings is 2. The lowest BCUT2D eigenvalue weighted by molar-refractivity contribution is -0.384. The van der Waals surface area contributed by atoms with Gasteiger partial charge in [-0.15, -0.1) is 0 Å². The summed E-state index contributed by atoms with van der Waals surface area (Å²) in [4.78, 5) is 9.62. The van der Waals surface area contributed by atoms with E-state index < -0.39 is 30.5 Å². The molecule has 2 aromatic rings. The molecule has 24 heavy (non-hydrogen) atoms. The second kappa shape index (κ2) is 6.38. The molecule has 0 aliphatic rings. The summed E-state index contributed by atoms with van der Waals surface area (Å²) in [6, 6.07) is 8.23. The fourth-order valence-corrected chi connectivity index (χ4v) is 3.73. The number of hydrogen-bond donors (Lipinski definition) is 1. The number of sulfonamides is 1. The largest absolute Gasteiger partial charge is 0.289 e. The Labute approximate surface area is 143 Å². The van der Waals surface area contributed by atoms with Gasteiger partial charge < -0.3 is 0 Å². The highest BCUT2D eigenvalue weighted by Crippen LogP contribution is 2.28. The first-order chi connectivity index (χ1) is 11.0. The number of nitrogens with one attached hydrogen (secondary N) is 1. The minimum atomic E-state index is -4.16. The average molecular weight is 391 g/mol. The monoisotopic (exact) mass is 390 g/mol. The summed E-state index contributed by atoms with van der Waals surface area (Å²) in [5, 5.41) is 10.7. The molecule has 0 radical (unpaired) electrons. The number of rotatable bonds is 5. The molecule has 0 unspecified atom stereocenters. The molecule has 1 N–H and O–H groups in total. The van der Waals surface area contributed by atoms with Crippen molar-refractivity contribution in [3.63, 3.8) is 0 Å². The maximum Gasteiger partial charge on any atom is 0.289 e. The van der Waals surface area contributed by atoms with Gasteiger partial charge in [0.25, 0.3) is 15.7 Å². The predicted octanol–water partition coefficient (Wildman–Crippen LogP) is 2.45. The van der Waals surface area contributed by atoms with Crippen LogP contribution in [-0.2, 0) is 19.9 Å². The highest BCUT2D eigenvalue weighted by Gasteiger charge is 2.21. The van der Waals surface area contributed by atoms with Crippen molar-refractivity contribution >= 4 is 42.8 Å². The van der Waals surface area contributed by atoms with E-state index in [4.69, 9.17) is 11.6 Å². The van der Waals surface area contributed by atoms with Crippen LogP contribution in [0, 0.1) is 10.1 Å². The fourth-order valence-electron chi connectivity index (χ4n) is 1.80. The molecule has 0 fully saturated rings. The molecule has 0 spiro atoms. The summed E-state index contributed by atoms with van der Waals surface area (Å²) in [6.45, 7) is 0. The highest BCUT2D eigenvalue weighted by atomic mass is 35.5. The van der Waals surface area contributed by atoms with Crippen molar-refractivity contribution in [3.8, 4) is 0 Å². The molecule has 0 aliphatic heterocycles. The van der Waals surface area contributed by atoms with Crippen molar-refractivity contribution in [2.75, 3.05) is 11.0 Å². The van der Waals surface area contributed by atoms with Gasteiger partial charge in [-0.25, -0.2) is 16.8 Å². The summed E-state index contributed by atoms with van der Waals surface area (Å²) < 4.78 is 49.8. The Kier molecular flexibility index (Phi) is 4.83. The molecule has 0 bridgehead atoms. The molecule has 8 nitrogen and oxygen atoms in total. The minimum Gasteiger partial charge on any atom is -0.280 e. The molecule has 128 valence electrons. The van der Waals surface area contributed by atoms with Gasteiger partial charge in [-0.1, -0.05) is 17.7 Å². The van der Waals surface area contributed by atoms with E-state index in [1.54, 1.807) is 0 Å². The standard InChI is InChI=1S/C13H11ClN2O6S2/c1-23(19,20)10-4-2-3-9(7-10)15-24(21,22)11-5-6-12(14)13(8-11)16(17)18/h2-8,15H,1H3. The molecule has 0 saturated heterocycles. The first-order valence-corrected chi connectivity index (χ1v) is 10.0. The van der Waals surface area contributed by atoms with Crippen molar-refractivity contribution in [2.45, 2.75) is 9.79 Å². The van der Waals surface area contributed by atoms with Gasteiger partial charge in [-0.3, -0.25) is 14.8 Å². The van der Waals surface area contributed by atoms with Gasteiger partial charge in [-0.2, -0.15) is 0 Å². The number of nitro groups is 1.